The molecule has 2 atom stereocenters. The highest BCUT2D eigenvalue weighted by molar-refractivity contribution is 5.79. The fraction of sp³-hybridized carbons (Fsp3) is 0.900. The molecule has 3 nitrogen and oxygen atoms in total. The molecule has 0 bridgehead atoms. The minimum absolute atomic E-state index is 0.261. The Kier molecular flexibility index (Phi) is 3.72. The van der Waals surface area contributed by atoms with Crippen LogP contribution in [-0.4, -0.2) is 30.9 Å². The number of nitrogens with zero attached hydrogens (tertiary/aromatic N) is 1. The number of rotatable bonds is 3. The average molecular weight is 184 g/mol. The van der Waals surface area contributed by atoms with Crippen molar-refractivity contribution < 1.29 is 4.79 Å². The minimum atomic E-state index is 0.261. The van der Waals surface area contributed by atoms with Crippen molar-refractivity contribution >= 4 is 5.91 Å². The second-order valence-electron chi connectivity index (χ2n) is 4.06. The fourth-order valence-electron chi connectivity index (χ4n) is 2.10. The first kappa shape index (κ1) is 10.5. The van der Waals surface area contributed by atoms with E-state index in [4.69, 9.17) is 5.73 Å². The molecule has 0 saturated heterocycles. The van der Waals surface area contributed by atoms with Gasteiger partial charge in [0, 0.05) is 26.1 Å². The molecule has 1 fully saturated rings. The summed E-state index contributed by atoms with van der Waals surface area (Å²) in [5.74, 6) is 1.11. The first-order valence-corrected chi connectivity index (χ1v) is 5.12. The van der Waals surface area contributed by atoms with Crippen molar-refractivity contribution in [2.75, 3.05) is 20.1 Å². The first-order chi connectivity index (χ1) is 6.16. The summed E-state index contributed by atoms with van der Waals surface area (Å²) in [5.41, 5.74) is 5.41. The lowest BCUT2D eigenvalue weighted by atomic mass is 9.97. The lowest BCUT2D eigenvalue weighted by Crippen LogP contribution is -2.37. The number of amides is 1. The second kappa shape index (κ2) is 4.61. The predicted octanol–water partition coefficient (Wildman–Crippen LogP) is 0.840. The maximum absolute atomic E-state index is 11.8. The van der Waals surface area contributed by atoms with E-state index in [-0.39, 0.29) is 11.8 Å². The quantitative estimate of drug-likeness (QED) is 0.706. The summed E-state index contributed by atoms with van der Waals surface area (Å²) >= 11 is 0. The predicted molar refractivity (Wildman–Crippen MR) is 53.2 cm³/mol. The summed E-state index contributed by atoms with van der Waals surface area (Å²) in [6.45, 7) is 3.41. The summed E-state index contributed by atoms with van der Waals surface area (Å²) in [7, 11) is 1.85. The summed E-state index contributed by atoms with van der Waals surface area (Å²) in [4.78, 5) is 13.6. The second-order valence-corrected chi connectivity index (χ2v) is 4.06. The normalized spacial score (nSPS) is 27.6. The molecule has 2 N–H and O–H groups in total. The van der Waals surface area contributed by atoms with Crippen molar-refractivity contribution in [2.45, 2.75) is 26.2 Å². The Hall–Kier alpha value is -0.570. The van der Waals surface area contributed by atoms with Crippen LogP contribution in [0.4, 0.5) is 0 Å². The summed E-state index contributed by atoms with van der Waals surface area (Å²) in [5, 5.41) is 0. The fourth-order valence-corrected chi connectivity index (χ4v) is 2.10. The topological polar surface area (TPSA) is 46.3 Å². The summed E-state index contributed by atoms with van der Waals surface area (Å²) < 4.78 is 0. The van der Waals surface area contributed by atoms with Crippen molar-refractivity contribution in [1.82, 2.24) is 4.90 Å². The third-order valence-electron chi connectivity index (χ3n) is 3.02. The van der Waals surface area contributed by atoms with Gasteiger partial charge in [0.15, 0.2) is 0 Å². The van der Waals surface area contributed by atoms with Crippen LogP contribution in [0.25, 0.3) is 0 Å². The molecule has 0 aromatic rings. The molecule has 1 rings (SSSR count). The summed E-state index contributed by atoms with van der Waals surface area (Å²) in [6, 6.07) is 0. The Morgan fingerprint density at radius 2 is 2.23 bits per heavy atom. The van der Waals surface area contributed by atoms with Gasteiger partial charge in [-0.05, 0) is 18.8 Å². The number of likely N-dealkylation sites (N-methyl/N-ethyl adjacent to an activating group) is 1. The van der Waals surface area contributed by atoms with Crippen LogP contribution in [0.1, 0.15) is 26.2 Å². The molecule has 0 aromatic carbocycles. The van der Waals surface area contributed by atoms with Gasteiger partial charge >= 0.3 is 0 Å². The third-order valence-corrected chi connectivity index (χ3v) is 3.02. The highest BCUT2D eigenvalue weighted by Gasteiger charge is 2.31. The molecule has 1 amide bonds. The molecule has 0 radical (unpaired) electrons. The highest BCUT2D eigenvalue weighted by Crippen LogP contribution is 2.32. The first-order valence-electron chi connectivity index (χ1n) is 5.12. The smallest absolute Gasteiger partial charge is 0.225 e. The van der Waals surface area contributed by atoms with Crippen molar-refractivity contribution in [3.63, 3.8) is 0 Å². The van der Waals surface area contributed by atoms with Crippen molar-refractivity contribution in [2.24, 2.45) is 17.6 Å². The summed E-state index contributed by atoms with van der Waals surface area (Å²) in [6.07, 6.45) is 3.47. The van der Waals surface area contributed by atoms with Crippen LogP contribution >= 0.6 is 0 Å². The molecule has 1 aliphatic carbocycles. The molecule has 0 heterocycles. The number of nitrogens with two attached hydrogens (primary N) is 1. The molecule has 0 aliphatic heterocycles. The molecular formula is C10H20N2O. The molecule has 3 heteroatoms. The number of carbonyl (C=O) groups excluding carboxylic acids is 1. The Morgan fingerprint density at radius 3 is 2.69 bits per heavy atom. The zero-order valence-electron chi connectivity index (χ0n) is 8.62. The van der Waals surface area contributed by atoms with Gasteiger partial charge in [-0.3, -0.25) is 4.79 Å². The van der Waals surface area contributed by atoms with Crippen LogP contribution in [0, 0.1) is 11.8 Å². The molecule has 2 unspecified atom stereocenters. The van der Waals surface area contributed by atoms with Gasteiger partial charge in [-0.2, -0.15) is 0 Å². The molecule has 1 aliphatic rings. The van der Waals surface area contributed by atoms with E-state index in [1.165, 1.54) is 12.8 Å². The highest BCUT2D eigenvalue weighted by atomic mass is 16.2. The molecule has 76 valence electrons. The lowest BCUT2D eigenvalue weighted by molar-refractivity contribution is -0.135. The maximum Gasteiger partial charge on any atom is 0.225 e. The van der Waals surface area contributed by atoms with Crippen LogP contribution in [0.2, 0.25) is 0 Å². The van der Waals surface area contributed by atoms with Crippen molar-refractivity contribution in [3.8, 4) is 0 Å². The minimum Gasteiger partial charge on any atom is -0.344 e. The van der Waals surface area contributed by atoms with E-state index in [2.05, 4.69) is 6.92 Å². The maximum atomic E-state index is 11.8. The van der Waals surface area contributed by atoms with Gasteiger partial charge in [0.1, 0.15) is 0 Å². The molecule has 1 saturated carbocycles. The van der Waals surface area contributed by atoms with Crippen molar-refractivity contribution in [1.29, 1.82) is 0 Å². The van der Waals surface area contributed by atoms with Gasteiger partial charge in [-0.15, -0.1) is 0 Å². The van der Waals surface area contributed by atoms with Gasteiger partial charge in [-0.25, -0.2) is 0 Å². The van der Waals surface area contributed by atoms with E-state index in [0.29, 0.717) is 19.0 Å². The van der Waals surface area contributed by atoms with E-state index >= 15 is 0 Å². The van der Waals surface area contributed by atoms with Gasteiger partial charge in [0.05, 0.1) is 0 Å². The van der Waals surface area contributed by atoms with E-state index in [9.17, 15) is 4.79 Å². The van der Waals surface area contributed by atoms with Crippen LogP contribution < -0.4 is 5.73 Å². The molecule has 0 aromatic heterocycles. The number of carbonyl (C=O) groups is 1. The van der Waals surface area contributed by atoms with Crippen LogP contribution in [0.15, 0.2) is 0 Å². The Bertz CT molecular complexity index is 182. The zero-order chi connectivity index (χ0) is 9.84. The van der Waals surface area contributed by atoms with Crippen LogP contribution in [0.5, 0.6) is 0 Å². The molecule has 13 heavy (non-hydrogen) atoms. The van der Waals surface area contributed by atoms with Crippen molar-refractivity contribution in [3.05, 3.63) is 0 Å². The zero-order valence-corrected chi connectivity index (χ0v) is 8.62. The third kappa shape index (κ3) is 2.44. The molecule has 0 spiro atoms. The molecular weight excluding hydrogens is 164 g/mol. The van der Waals surface area contributed by atoms with E-state index in [1.54, 1.807) is 4.90 Å². The lowest BCUT2D eigenvalue weighted by Gasteiger charge is -2.22. The standard InChI is InChI=1S/C10H20N2O/c1-8-4-3-5-9(8)10(13)12(2)7-6-11/h8-9H,3-7,11H2,1-2H3. The monoisotopic (exact) mass is 184 g/mol. The largest absolute Gasteiger partial charge is 0.344 e. The van der Waals surface area contributed by atoms with E-state index in [1.807, 2.05) is 7.05 Å². The van der Waals surface area contributed by atoms with Gasteiger partial charge in [0.2, 0.25) is 5.91 Å². The Labute approximate surface area is 80.3 Å². The van der Waals surface area contributed by atoms with E-state index < -0.39 is 0 Å². The van der Waals surface area contributed by atoms with Crippen LogP contribution in [-0.2, 0) is 4.79 Å². The van der Waals surface area contributed by atoms with E-state index in [0.717, 1.165) is 6.42 Å². The van der Waals surface area contributed by atoms with Gasteiger partial charge < -0.3 is 10.6 Å². The Balaban J connectivity index is 2.46. The van der Waals surface area contributed by atoms with Gasteiger partial charge in [0.25, 0.3) is 0 Å². The Morgan fingerprint density at radius 1 is 1.54 bits per heavy atom. The number of hydrogen-bond donors (Lipinski definition) is 1. The van der Waals surface area contributed by atoms with Crippen LogP contribution in [0.3, 0.4) is 0 Å². The number of hydrogen-bond acceptors (Lipinski definition) is 2. The van der Waals surface area contributed by atoms with Gasteiger partial charge in [-0.1, -0.05) is 13.3 Å². The SMILES string of the molecule is CC1CCCC1C(=O)N(C)CCN. The average Bonchev–Trinajstić information content (AvgIpc) is 2.50.